The summed E-state index contributed by atoms with van der Waals surface area (Å²) in [4.78, 5) is 38.4. The molecule has 0 aliphatic carbocycles. The molecule has 0 aromatic heterocycles. The molecule has 1 saturated heterocycles. The first-order valence-electron chi connectivity index (χ1n) is 9.75. The first kappa shape index (κ1) is 20.1. The number of nitrogens with zero attached hydrogens (tertiary/aromatic N) is 1. The Kier molecular flexibility index (Phi) is 8.32. The average molecular weight is 358 g/mol. The fourth-order valence-electron chi connectivity index (χ4n) is 3.27. The number of Topliss-reactive ketones (excluding diaryl/α,β-unsaturated/α-hetero) is 1. The van der Waals surface area contributed by atoms with Crippen LogP contribution in [-0.4, -0.2) is 42.1 Å². The molecule has 1 N–H and O–H groups in total. The number of ketones is 1. The van der Waals surface area contributed by atoms with Gasteiger partial charge in [0.25, 0.3) is 0 Å². The smallest absolute Gasteiger partial charge is 0.223 e. The van der Waals surface area contributed by atoms with Gasteiger partial charge in [0.2, 0.25) is 11.8 Å². The van der Waals surface area contributed by atoms with Crippen LogP contribution in [0.1, 0.15) is 62.2 Å². The van der Waals surface area contributed by atoms with Gasteiger partial charge in [0.15, 0.2) is 5.78 Å². The van der Waals surface area contributed by atoms with Crippen LogP contribution in [0.4, 0.5) is 0 Å². The van der Waals surface area contributed by atoms with Crippen LogP contribution in [0, 0.1) is 5.92 Å². The fourth-order valence-corrected chi connectivity index (χ4v) is 3.27. The number of hydrogen-bond acceptors (Lipinski definition) is 3. The molecule has 26 heavy (non-hydrogen) atoms. The van der Waals surface area contributed by atoms with Gasteiger partial charge in [0.1, 0.15) is 0 Å². The highest BCUT2D eigenvalue weighted by atomic mass is 16.2. The van der Waals surface area contributed by atoms with E-state index in [4.69, 9.17) is 0 Å². The molecule has 1 aromatic rings. The minimum atomic E-state index is 0.000271. The molecule has 2 amide bonds. The maximum Gasteiger partial charge on any atom is 0.223 e. The quantitative estimate of drug-likeness (QED) is 0.544. The minimum absolute atomic E-state index is 0.000271. The van der Waals surface area contributed by atoms with Crippen LogP contribution in [0.15, 0.2) is 30.3 Å². The summed E-state index contributed by atoms with van der Waals surface area (Å²) < 4.78 is 0. The van der Waals surface area contributed by atoms with E-state index in [1.54, 1.807) is 17.0 Å². The normalized spacial score (nSPS) is 14.9. The maximum absolute atomic E-state index is 12.3. The predicted octanol–water partition coefficient (Wildman–Crippen LogP) is 3.19. The Morgan fingerprint density at radius 1 is 1.04 bits per heavy atom. The average Bonchev–Trinajstić information content (AvgIpc) is 2.69. The molecule has 1 fully saturated rings. The zero-order chi connectivity index (χ0) is 18.8. The second-order valence-electron chi connectivity index (χ2n) is 6.94. The Labute approximate surface area is 156 Å². The standard InChI is InChI=1S/C21H30N2O3/c1-2-3-7-14-22-21(26)18-12-15-23(16-13-18)20(25)11-10-19(24)17-8-5-4-6-9-17/h4-6,8-9,18H,2-3,7,10-16H2,1H3,(H,22,26). The molecule has 0 atom stereocenters. The summed E-state index contributed by atoms with van der Waals surface area (Å²) in [6.45, 7) is 4.09. The second kappa shape index (κ2) is 10.7. The van der Waals surface area contributed by atoms with Crippen molar-refractivity contribution in [1.29, 1.82) is 0 Å². The molecule has 1 aliphatic rings. The highest BCUT2D eigenvalue weighted by Crippen LogP contribution is 2.19. The number of nitrogens with one attached hydrogen (secondary N) is 1. The van der Waals surface area contributed by atoms with Gasteiger partial charge in [-0.3, -0.25) is 14.4 Å². The Balaban J connectivity index is 1.68. The Morgan fingerprint density at radius 3 is 2.38 bits per heavy atom. The van der Waals surface area contributed by atoms with Crippen LogP contribution in [0.5, 0.6) is 0 Å². The van der Waals surface area contributed by atoms with Gasteiger partial charge in [-0.1, -0.05) is 50.1 Å². The number of carbonyl (C=O) groups is 3. The number of amides is 2. The van der Waals surface area contributed by atoms with Gasteiger partial charge >= 0.3 is 0 Å². The summed E-state index contributed by atoms with van der Waals surface area (Å²) in [5.41, 5.74) is 0.652. The summed E-state index contributed by atoms with van der Waals surface area (Å²) in [5.74, 6) is 0.135. The van der Waals surface area contributed by atoms with E-state index in [1.165, 1.54) is 0 Å². The zero-order valence-corrected chi connectivity index (χ0v) is 15.7. The van der Waals surface area contributed by atoms with Crippen molar-refractivity contribution in [1.82, 2.24) is 10.2 Å². The molecule has 0 saturated carbocycles. The Bertz CT molecular complexity index is 593. The van der Waals surface area contributed by atoms with E-state index in [2.05, 4.69) is 12.2 Å². The fraction of sp³-hybridized carbons (Fsp3) is 0.571. The highest BCUT2D eigenvalue weighted by Gasteiger charge is 2.27. The molecule has 1 heterocycles. The van der Waals surface area contributed by atoms with E-state index in [-0.39, 0.29) is 36.4 Å². The lowest BCUT2D eigenvalue weighted by molar-refractivity contribution is -0.135. The summed E-state index contributed by atoms with van der Waals surface area (Å²) in [6, 6.07) is 9.07. The third-order valence-electron chi connectivity index (χ3n) is 4.96. The van der Waals surface area contributed by atoms with Crippen molar-refractivity contribution in [2.45, 2.75) is 51.9 Å². The first-order chi connectivity index (χ1) is 12.6. The third-order valence-corrected chi connectivity index (χ3v) is 4.96. The van der Waals surface area contributed by atoms with Crippen molar-refractivity contribution in [3.8, 4) is 0 Å². The topological polar surface area (TPSA) is 66.5 Å². The van der Waals surface area contributed by atoms with E-state index < -0.39 is 0 Å². The van der Waals surface area contributed by atoms with Gasteiger partial charge in [-0.15, -0.1) is 0 Å². The van der Waals surface area contributed by atoms with Gasteiger partial charge in [-0.2, -0.15) is 0 Å². The van der Waals surface area contributed by atoms with E-state index >= 15 is 0 Å². The van der Waals surface area contributed by atoms with Crippen LogP contribution in [0.2, 0.25) is 0 Å². The number of unbranched alkanes of at least 4 members (excludes halogenated alkanes) is 2. The molecule has 2 rings (SSSR count). The number of benzene rings is 1. The highest BCUT2D eigenvalue weighted by molar-refractivity contribution is 5.97. The zero-order valence-electron chi connectivity index (χ0n) is 15.7. The van der Waals surface area contributed by atoms with Gasteiger partial charge in [0, 0.05) is 44.0 Å². The molecule has 0 bridgehead atoms. The predicted molar refractivity (Wildman–Crippen MR) is 102 cm³/mol. The van der Waals surface area contributed by atoms with Crippen molar-refractivity contribution in [3.05, 3.63) is 35.9 Å². The van der Waals surface area contributed by atoms with Crippen molar-refractivity contribution >= 4 is 17.6 Å². The Hall–Kier alpha value is -2.17. The molecule has 142 valence electrons. The van der Waals surface area contributed by atoms with Crippen molar-refractivity contribution in [3.63, 3.8) is 0 Å². The summed E-state index contributed by atoms with van der Waals surface area (Å²) in [5, 5.41) is 3.00. The maximum atomic E-state index is 12.3. The molecular weight excluding hydrogens is 328 g/mol. The molecule has 0 spiro atoms. The van der Waals surface area contributed by atoms with Gasteiger partial charge < -0.3 is 10.2 Å². The summed E-state index contributed by atoms with van der Waals surface area (Å²) in [7, 11) is 0. The number of piperidine rings is 1. The van der Waals surface area contributed by atoms with Crippen molar-refractivity contribution in [2.24, 2.45) is 5.92 Å². The lowest BCUT2D eigenvalue weighted by atomic mass is 9.95. The molecule has 5 nitrogen and oxygen atoms in total. The molecule has 5 heteroatoms. The van der Waals surface area contributed by atoms with Crippen LogP contribution < -0.4 is 5.32 Å². The number of carbonyl (C=O) groups excluding carboxylic acids is 3. The van der Waals surface area contributed by atoms with Gasteiger partial charge in [-0.05, 0) is 19.3 Å². The van der Waals surface area contributed by atoms with Crippen LogP contribution >= 0.6 is 0 Å². The number of hydrogen-bond donors (Lipinski definition) is 1. The minimum Gasteiger partial charge on any atom is -0.356 e. The summed E-state index contributed by atoms with van der Waals surface area (Å²) in [6.07, 6.45) is 5.19. The Morgan fingerprint density at radius 2 is 1.73 bits per heavy atom. The SMILES string of the molecule is CCCCCNC(=O)C1CCN(C(=O)CCC(=O)c2ccccc2)CC1. The van der Waals surface area contributed by atoms with E-state index in [0.717, 1.165) is 25.8 Å². The largest absolute Gasteiger partial charge is 0.356 e. The molecule has 0 radical (unpaired) electrons. The molecular formula is C21H30N2O3. The third kappa shape index (κ3) is 6.28. The van der Waals surface area contributed by atoms with Crippen LogP contribution in [-0.2, 0) is 9.59 Å². The number of rotatable bonds is 9. The molecule has 0 unspecified atom stereocenters. The number of likely N-dealkylation sites (tertiary alicyclic amines) is 1. The lowest BCUT2D eigenvalue weighted by Crippen LogP contribution is -2.43. The van der Waals surface area contributed by atoms with E-state index in [9.17, 15) is 14.4 Å². The van der Waals surface area contributed by atoms with Crippen molar-refractivity contribution < 1.29 is 14.4 Å². The van der Waals surface area contributed by atoms with Crippen LogP contribution in [0.3, 0.4) is 0 Å². The van der Waals surface area contributed by atoms with E-state index in [0.29, 0.717) is 31.5 Å². The van der Waals surface area contributed by atoms with Crippen LogP contribution in [0.25, 0.3) is 0 Å². The van der Waals surface area contributed by atoms with E-state index in [1.807, 2.05) is 18.2 Å². The summed E-state index contributed by atoms with van der Waals surface area (Å²) >= 11 is 0. The molecule has 1 aromatic carbocycles. The van der Waals surface area contributed by atoms with Crippen molar-refractivity contribution in [2.75, 3.05) is 19.6 Å². The molecule has 1 aliphatic heterocycles. The first-order valence-corrected chi connectivity index (χ1v) is 9.75. The monoisotopic (exact) mass is 358 g/mol. The lowest BCUT2D eigenvalue weighted by Gasteiger charge is -2.31. The van der Waals surface area contributed by atoms with Gasteiger partial charge in [-0.25, -0.2) is 0 Å². The second-order valence-corrected chi connectivity index (χ2v) is 6.94. The van der Waals surface area contributed by atoms with Gasteiger partial charge in [0.05, 0.1) is 0 Å².